The van der Waals surface area contributed by atoms with E-state index in [2.05, 4.69) is 32.0 Å². The highest BCUT2D eigenvalue weighted by molar-refractivity contribution is 5.81. The summed E-state index contributed by atoms with van der Waals surface area (Å²) in [5.41, 5.74) is 3.63. The number of hydrogen-bond acceptors (Lipinski definition) is 2. The Morgan fingerprint density at radius 3 is 2.67 bits per heavy atom. The number of unbranched alkanes of at least 4 members (excludes halogenated alkanes) is 4. The number of benzene rings is 1. The van der Waals surface area contributed by atoms with Crippen LogP contribution in [0, 0.1) is 5.92 Å². The van der Waals surface area contributed by atoms with Gasteiger partial charge >= 0.3 is 0 Å². The summed E-state index contributed by atoms with van der Waals surface area (Å²) in [5, 5.41) is 9.98. The summed E-state index contributed by atoms with van der Waals surface area (Å²) in [7, 11) is 0. The lowest BCUT2D eigenvalue weighted by Gasteiger charge is -2.24. The number of Topliss-reactive ketones (excluding diaryl/α,β-unsaturated/α-hetero) is 1. The molecule has 2 nitrogen and oxygen atoms in total. The second-order valence-electron chi connectivity index (χ2n) is 7.43. The molecular formula is C22H34O2. The van der Waals surface area contributed by atoms with Crippen LogP contribution in [0.3, 0.4) is 0 Å². The first kappa shape index (κ1) is 19.2. The quantitative estimate of drug-likeness (QED) is 0.557. The minimum atomic E-state index is -0.295. The molecule has 0 aromatic heterocycles. The molecule has 1 aliphatic rings. The Balaban J connectivity index is 2.04. The third-order valence-electron chi connectivity index (χ3n) is 5.72. The fourth-order valence-electron chi connectivity index (χ4n) is 4.05. The maximum atomic E-state index is 12.5. The maximum Gasteiger partial charge on any atom is 0.136 e. The van der Waals surface area contributed by atoms with Gasteiger partial charge < -0.3 is 5.11 Å². The van der Waals surface area contributed by atoms with Crippen molar-refractivity contribution in [3.8, 4) is 0 Å². The zero-order chi connectivity index (χ0) is 17.5. The Bertz CT molecular complexity index is 535. The summed E-state index contributed by atoms with van der Waals surface area (Å²) < 4.78 is 0. The molecule has 1 aromatic carbocycles. The standard InChI is InChI=1S/C22H34O2/c1-4-6-7-8-9-10-19(21(23)5-2)16(3)17-11-13-20-18(15-17)12-14-22(20)24/h11,13,15-16,19,22,24H,4-10,12,14H2,1-3H3/t16?,19-,22?/m1/s1. The van der Waals surface area contributed by atoms with Crippen molar-refractivity contribution in [3.05, 3.63) is 34.9 Å². The van der Waals surface area contributed by atoms with E-state index in [1.54, 1.807) is 0 Å². The first-order valence-corrected chi connectivity index (χ1v) is 9.91. The predicted molar refractivity (Wildman–Crippen MR) is 100 cm³/mol. The Labute approximate surface area is 147 Å². The van der Waals surface area contributed by atoms with Gasteiger partial charge in [0.05, 0.1) is 6.10 Å². The molecule has 24 heavy (non-hydrogen) atoms. The third kappa shape index (κ3) is 4.69. The van der Waals surface area contributed by atoms with Crippen LogP contribution in [0.5, 0.6) is 0 Å². The molecule has 0 aliphatic heterocycles. The van der Waals surface area contributed by atoms with Gasteiger partial charge in [0.15, 0.2) is 0 Å². The number of carbonyl (C=O) groups is 1. The van der Waals surface area contributed by atoms with Gasteiger partial charge in [-0.3, -0.25) is 4.79 Å². The summed E-state index contributed by atoms with van der Waals surface area (Å²) in [6, 6.07) is 6.45. The Kier molecular flexibility index (Phi) is 7.48. The SMILES string of the molecule is CCCCCCC[C@@H](C(=O)CC)C(C)c1ccc2c(c1)CCC2O. The first-order valence-electron chi connectivity index (χ1n) is 9.91. The predicted octanol–water partition coefficient (Wildman–Crippen LogP) is 5.73. The van der Waals surface area contributed by atoms with Crippen LogP contribution in [0.1, 0.15) is 101 Å². The monoisotopic (exact) mass is 330 g/mol. The van der Waals surface area contributed by atoms with Gasteiger partial charge in [0.25, 0.3) is 0 Å². The number of fused-ring (bicyclic) bond motifs is 1. The maximum absolute atomic E-state index is 12.5. The summed E-state index contributed by atoms with van der Waals surface area (Å²) in [4.78, 5) is 12.5. The van der Waals surface area contributed by atoms with Gasteiger partial charge in [-0.15, -0.1) is 0 Å². The van der Waals surface area contributed by atoms with Crippen molar-refractivity contribution in [1.29, 1.82) is 0 Å². The van der Waals surface area contributed by atoms with E-state index < -0.39 is 0 Å². The normalized spacial score (nSPS) is 19.1. The third-order valence-corrected chi connectivity index (χ3v) is 5.72. The average molecular weight is 331 g/mol. The molecular weight excluding hydrogens is 296 g/mol. The second-order valence-corrected chi connectivity index (χ2v) is 7.43. The molecule has 0 fully saturated rings. The van der Waals surface area contributed by atoms with Gasteiger partial charge in [0, 0.05) is 12.3 Å². The molecule has 0 spiro atoms. The molecule has 0 radical (unpaired) electrons. The summed E-state index contributed by atoms with van der Waals surface area (Å²) in [5.74, 6) is 0.811. The van der Waals surface area contributed by atoms with Crippen LogP contribution in [0.25, 0.3) is 0 Å². The first-order chi connectivity index (χ1) is 11.6. The van der Waals surface area contributed by atoms with Crippen molar-refractivity contribution in [2.24, 2.45) is 5.92 Å². The molecule has 1 N–H and O–H groups in total. The Morgan fingerprint density at radius 1 is 1.21 bits per heavy atom. The molecule has 1 aliphatic carbocycles. The van der Waals surface area contributed by atoms with Crippen LogP contribution in [-0.2, 0) is 11.2 Å². The van der Waals surface area contributed by atoms with Crippen molar-refractivity contribution in [3.63, 3.8) is 0 Å². The minimum Gasteiger partial charge on any atom is -0.388 e. The number of aryl methyl sites for hydroxylation is 1. The van der Waals surface area contributed by atoms with E-state index in [-0.39, 0.29) is 17.9 Å². The molecule has 2 heteroatoms. The van der Waals surface area contributed by atoms with Crippen molar-refractivity contribution in [2.45, 2.75) is 90.6 Å². The fourth-order valence-corrected chi connectivity index (χ4v) is 4.05. The van der Waals surface area contributed by atoms with E-state index in [4.69, 9.17) is 0 Å². The Hall–Kier alpha value is -1.15. The van der Waals surface area contributed by atoms with Crippen molar-refractivity contribution in [2.75, 3.05) is 0 Å². The number of aliphatic hydroxyl groups excluding tert-OH is 1. The van der Waals surface area contributed by atoms with Crippen molar-refractivity contribution >= 4 is 5.78 Å². The molecule has 0 amide bonds. The number of ketones is 1. The molecule has 0 saturated heterocycles. The van der Waals surface area contributed by atoms with Crippen LogP contribution in [0.2, 0.25) is 0 Å². The summed E-state index contributed by atoms with van der Waals surface area (Å²) in [6.07, 6.45) is 9.39. The largest absolute Gasteiger partial charge is 0.388 e. The number of hydrogen-bond donors (Lipinski definition) is 1. The highest BCUT2D eigenvalue weighted by Crippen LogP contribution is 2.36. The number of carbonyl (C=O) groups excluding carboxylic acids is 1. The molecule has 0 bridgehead atoms. The van der Waals surface area contributed by atoms with Gasteiger partial charge in [-0.1, -0.05) is 71.1 Å². The van der Waals surface area contributed by atoms with Gasteiger partial charge in [-0.25, -0.2) is 0 Å². The van der Waals surface area contributed by atoms with Gasteiger partial charge in [-0.05, 0) is 41.9 Å². The molecule has 2 unspecified atom stereocenters. The Morgan fingerprint density at radius 2 is 1.96 bits per heavy atom. The highest BCUT2D eigenvalue weighted by Gasteiger charge is 2.27. The topological polar surface area (TPSA) is 37.3 Å². The smallest absolute Gasteiger partial charge is 0.136 e. The lowest BCUT2D eigenvalue weighted by atomic mass is 9.80. The van der Waals surface area contributed by atoms with E-state index >= 15 is 0 Å². The minimum absolute atomic E-state index is 0.140. The van der Waals surface area contributed by atoms with Crippen molar-refractivity contribution in [1.82, 2.24) is 0 Å². The van der Waals surface area contributed by atoms with Crippen LogP contribution < -0.4 is 0 Å². The molecule has 0 heterocycles. The van der Waals surface area contributed by atoms with E-state index in [9.17, 15) is 9.90 Å². The van der Waals surface area contributed by atoms with Crippen LogP contribution >= 0.6 is 0 Å². The summed E-state index contributed by atoms with van der Waals surface area (Å²) >= 11 is 0. The lowest BCUT2D eigenvalue weighted by Crippen LogP contribution is -2.20. The van der Waals surface area contributed by atoms with Gasteiger partial charge in [0.2, 0.25) is 0 Å². The van der Waals surface area contributed by atoms with E-state index in [0.717, 1.165) is 31.2 Å². The number of aliphatic hydroxyl groups is 1. The second kappa shape index (κ2) is 9.36. The summed E-state index contributed by atoms with van der Waals surface area (Å²) in [6.45, 7) is 6.42. The molecule has 1 aromatic rings. The molecule has 0 saturated carbocycles. The van der Waals surface area contributed by atoms with E-state index in [1.807, 2.05) is 6.92 Å². The van der Waals surface area contributed by atoms with Crippen molar-refractivity contribution < 1.29 is 9.90 Å². The lowest BCUT2D eigenvalue weighted by molar-refractivity contribution is -0.123. The van der Waals surface area contributed by atoms with Gasteiger partial charge in [-0.2, -0.15) is 0 Å². The average Bonchev–Trinajstić information content (AvgIpc) is 2.97. The molecule has 2 rings (SSSR count). The zero-order valence-electron chi connectivity index (χ0n) is 15.7. The van der Waals surface area contributed by atoms with Crippen LogP contribution in [0.15, 0.2) is 18.2 Å². The van der Waals surface area contributed by atoms with E-state index in [0.29, 0.717) is 12.2 Å². The number of rotatable bonds is 10. The molecule has 134 valence electrons. The molecule has 3 atom stereocenters. The van der Waals surface area contributed by atoms with Gasteiger partial charge in [0.1, 0.15) is 5.78 Å². The fraction of sp³-hybridized carbons (Fsp3) is 0.682. The van der Waals surface area contributed by atoms with E-state index in [1.165, 1.54) is 36.8 Å². The highest BCUT2D eigenvalue weighted by atomic mass is 16.3. The zero-order valence-corrected chi connectivity index (χ0v) is 15.7. The van der Waals surface area contributed by atoms with Crippen LogP contribution in [0.4, 0.5) is 0 Å². The van der Waals surface area contributed by atoms with Crippen LogP contribution in [-0.4, -0.2) is 10.9 Å².